The molecule has 0 atom stereocenters. The molecule has 1 aromatic heterocycles. The van der Waals surface area contributed by atoms with E-state index in [9.17, 15) is 4.39 Å². The van der Waals surface area contributed by atoms with Crippen molar-refractivity contribution >= 4 is 15.9 Å². The number of rotatable bonds is 3. The Bertz CT molecular complexity index is 619. The second kappa shape index (κ2) is 5.63. The molecule has 2 aromatic rings. The van der Waals surface area contributed by atoms with E-state index in [0.717, 1.165) is 16.8 Å². The van der Waals surface area contributed by atoms with Crippen molar-refractivity contribution in [2.45, 2.75) is 20.4 Å². The van der Waals surface area contributed by atoms with Crippen molar-refractivity contribution in [3.05, 3.63) is 45.3 Å². The highest BCUT2D eigenvalue weighted by molar-refractivity contribution is 9.10. The van der Waals surface area contributed by atoms with Crippen LogP contribution in [0.2, 0.25) is 0 Å². The number of aryl methyl sites for hydroxylation is 1. The van der Waals surface area contributed by atoms with Gasteiger partial charge in [0.1, 0.15) is 0 Å². The standard InChI is InChI=1S/C13H13BrFN3O/c1-7-8(2)17-18-13(10(7)6-16)19-12-4-3-9(14)5-11(12)15/h3-5H,6,16H2,1-2H3. The first-order chi connectivity index (χ1) is 9.02. The average molecular weight is 326 g/mol. The molecule has 0 saturated heterocycles. The van der Waals surface area contributed by atoms with Crippen molar-refractivity contribution in [3.8, 4) is 11.6 Å². The van der Waals surface area contributed by atoms with Crippen LogP contribution in [-0.4, -0.2) is 10.2 Å². The fourth-order valence-electron chi connectivity index (χ4n) is 1.62. The van der Waals surface area contributed by atoms with Gasteiger partial charge in [-0.05, 0) is 37.6 Å². The summed E-state index contributed by atoms with van der Waals surface area (Å²) < 4.78 is 19.8. The van der Waals surface area contributed by atoms with E-state index >= 15 is 0 Å². The fraction of sp³-hybridized carbons (Fsp3) is 0.231. The molecule has 0 unspecified atom stereocenters. The lowest BCUT2D eigenvalue weighted by Crippen LogP contribution is -2.07. The molecule has 0 aliphatic carbocycles. The molecule has 2 N–H and O–H groups in total. The summed E-state index contributed by atoms with van der Waals surface area (Å²) in [5, 5.41) is 7.91. The quantitative estimate of drug-likeness (QED) is 0.941. The average Bonchev–Trinajstić information content (AvgIpc) is 2.37. The molecule has 19 heavy (non-hydrogen) atoms. The maximum absolute atomic E-state index is 13.7. The van der Waals surface area contributed by atoms with Gasteiger partial charge in [0.05, 0.1) is 5.69 Å². The number of halogens is 2. The number of aromatic nitrogens is 2. The van der Waals surface area contributed by atoms with E-state index in [1.165, 1.54) is 12.1 Å². The van der Waals surface area contributed by atoms with Gasteiger partial charge in [0.15, 0.2) is 11.6 Å². The number of nitrogens with two attached hydrogens (primary N) is 1. The van der Waals surface area contributed by atoms with Crippen molar-refractivity contribution in [2.75, 3.05) is 0 Å². The minimum absolute atomic E-state index is 0.0930. The molecule has 0 amide bonds. The predicted octanol–water partition coefficient (Wildman–Crippen LogP) is 3.25. The zero-order valence-electron chi connectivity index (χ0n) is 10.6. The number of ether oxygens (including phenoxy) is 1. The van der Waals surface area contributed by atoms with Crippen LogP contribution in [0, 0.1) is 19.7 Å². The Morgan fingerprint density at radius 3 is 2.68 bits per heavy atom. The van der Waals surface area contributed by atoms with Crippen LogP contribution in [-0.2, 0) is 6.54 Å². The zero-order chi connectivity index (χ0) is 14.0. The van der Waals surface area contributed by atoms with Crippen LogP contribution in [0.15, 0.2) is 22.7 Å². The van der Waals surface area contributed by atoms with Crippen LogP contribution in [0.3, 0.4) is 0 Å². The van der Waals surface area contributed by atoms with E-state index in [1.54, 1.807) is 6.07 Å². The molecule has 1 aromatic carbocycles. The van der Waals surface area contributed by atoms with Crippen LogP contribution in [0.4, 0.5) is 4.39 Å². The van der Waals surface area contributed by atoms with Gasteiger partial charge >= 0.3 is 0 Å². The van der Waals surface area contributed by atoms with Gasteiger partial charge in [-0.1, -0.05) is 15.9 Å². The Hall–Kier alpha value is -1.53. The SMILES string of the molecule is Cc1nnc(Oc2ccc(Br)cc2F)c(CN)c1C. The molecule has 4 nitrogen and oxygen atoms in total. The summed E-state index contributed by atoms with van der Waals surface area (Å²) >= 11 is 3.19. The Morgan fingerprint density at radius 2 is 2.05 bits per heavy atom. The van der Waals surface area contributed by atoms with E-state index in [1.807, 2.05) is 13.8 Å². The molecule has 0 saturated carbocycles. The van der Waals surface area contributed by atoms with Gasteiger partial charge in [-0.3, -0.25) is 0 Å². The highest BCUT2D eigenvalue weighted by atomic mass is 79.9. The zero-order valence-corrected chi connectivity index (χ0v) is 12.2. The van der Waals surface area contributed by atoms with Crippen molar-refractivity contribution in [2.24, 2.45) is 5.73 Å². The van der Waals surface area contributed by atoms with Gasteiger partial charge in [0.25, 0.3) is 0 Å². The Labute approximate surface area is 118 Å². The molecule has 2 rings (SSSR count). The highest BCUT2D eigenvalue weighted by Gasteiger charge is 2.14. The minimum atomic E-state index is -0.475. The summed E-state index contributed by atoms with van der Waals surface area (Å²) in [6, 6.07) is 4.54. The molecule has 0 radical (unpaired) electrons. The summed E-state index contributed by atoms with van der Waals surface area (Å²) in [6.07, 6.45) is 0. The molecule has 0 spiro atoms. The van der Waals surface area contributed by atoms with E-state index in [0.29, 0.717) is 4.47 Å². The number of hydrogen-bond acceptors (Lipinski definition) is 4. The Kier molecular flexibility index (Phi) is 4.11. The molecular formula is C13H13BrFN3O. The molecule has 0 aliphatic heterocycles. The summed E-state index contributed by atoms with van der Waals surface area (Å²) in [5.74, 6) is -0.139. The first-order valence-corrected chi connectivity index (χ1v) is 6.48. The summed E-state index contributed by atoms with van der Waals surface area (Å²) in [7, 11) is 0. The van der Waals surface area contributed by atoms with Crippen molar-refractivity contribution in [1.82, 2.24) is 10.2 Å². The lowest BCUT2D eigenvalue weighted by molar-refractivity contribution is 0.415. The van der Waals surface area contributed by atoms with Gasteiger partial charge in [0.2, 0.25) is 5.88 Å². The van der Waals surface area contributed by atoms with E-state index < -0.39 is 5.82 Å². The van der Waals surface area contributed by atoms with Crippen LogP contribution in [0.25, 0.3) is 0 Å². The smallest absolute Gasteiger partial charge is 0.243 e. The second-order valence-electron chi connectivity index (χ2n) is 4.08. The van der Waals surface area contributed by atoms with Crippen molar-refractivity contribution in [1.29, 1.82) is 0 Å². The Morgan fingerprint density at radius 1 is 1.32 bits per heavy atom. The topological polar surface area (TPSA) is 61.0 Å². The molecule has 0 bridgehead atoms. The van der Waals surface area contributed by atoms with Gasteiger partial charge in [0, 0.05) is 16.6 Å². The summed E-state index contributed by atoms with van der Waals surface area (Å²) in [5.41, 5.74) is 8.11. The van der Waals surface area contributed by atoms with Crippen LogP contribution < -0.4 is 10.5 Å². The minimum Gasteiger partial charge on any atom is -0.434 e. The Balaban J connectivity index is 2.41. The number of nitrogens with zero attached hydrogens (tertiary/aromatic N) is 2. The lowest BCUT2D eigenvalue weighted by atomic mass is 10.1. The number of benzene rings is 1. The normalized spacial score (nSPS) is 10.6. The summed E-state index contributed by atoms with van der Waals surface area (Å²) in [4.78, 5) is 0. The summed E-state index contributed by atoms with van der Waals surface area (Å²) in [6.45, 7) is 3.98. The van der Waals surface area contributed by atoms with E-state index in [4.69, 9.17) is 10.5 Å². The largest absolute Gasteiger partial charge is 0.434 e. The van der Waals surface area contributed by atoms with Crippen molar-refractivity contribution in [3.63, 3.8) is 0 Å². The number of hydrogen-bond donors (Lipinski definition) is 1. The third kappa shape index (κ3) is 2.90. The van der Waals surface area contributed by atoms with Gasteiger partial charge in [-0.2, -0.15) is 5.10 Å². The van der Waals surface area contributed by atoms with E-state index in [-0.39, 0.29) is 18.2 Å². The third-order valence-electron chi connectivity index (χ3n) is 2.85. The molecule has 6 heteroatoms. The van der Waals surface area contributed by atoms with Crippen LogP contribution >= 0.6 is 15.9 Å². The maximum Gasteiger partial charge on any atom is 0.243 e. The maximum atomic E-state index is 13.7. The van der Waals surface area contributed by atoms with Gasteiger partial charge < -0.3 is 10.5 Å². The van der Waals surface area contributed by atoms with Gasteiger partial charge in [-0.15, -0.1) is 5.10 Å². The fourth-order valence-corrected chi connectivity index (χ4v) is 1.95. The molecule has 0 fully saturated rings. The molecule has 100 valence electrons. The van der Waals surface area contributed by atoms with Crippen LogP contribution in [0.1, 0.15) is 16.8 Å². The van der Waals surface area contributed by atoms with Crippen LogP contribution in [0.5, 0.6) is 11.6 Å². The van der Waals surface area contributed by atoms with E-state index in [2.05, 4.69) is 26.1 Å². The van der Waals surface area contributed by atoms with Crippen molar-refractivity contribution < 1.29 is 9.13 Å². The highest BCUT2D eigenvalue weighted by Crippen LogP contribution is 2.29. The first-order valence-electron chi connectivity index (χ1n) is 5.68. The van der Waals surface area contributed by atoms with Gasteiger partial charge in [-0.25, -0.2) is 4.39 Å². The first kappa shape index (κ1) is 13.9. The molecule has 0 aliphatic rings. The third-order valence-corrected chi connectivity index (χ3v) is 3.34. The molecule has 1 heterocycles. The predicted molar refractivity (Wildman–Crippen MR) is 73.6 cm³/mol. The molecular weight excluding hydrogens is 313 g/mol. The monoisotopic (exact) mass is 325 g/mol. The second-order valence-corrected chi connectivity index (χ2v) is 4.99. The lowest BCUT2D eigenvalue weighted by Gasteiger charge is -2.12.